The Bertz CT molecular complexity index is 1180. The number of benzene rings is 2. The zero-order valence-electron chi connectivity index (χ0n) is 19.4. The maximum absolute atomic E-state index is 12.8. The molecule has 0 radical (unpaired) electrons. The molecule has 1 N–H and O–H groups in total. The zero-order chi connectivity index (χ0) is 24.8. The van der Waals surface area contributed by atoms with E-state index in [4.69, 9.17) is 39.5 Å². The highest BCUT2D eigenvalue weighted by molar-refractivity contribution is 6.35. The largest absolute Gasteiger partial charge is 0.493 e. The highest BCUT2D eigenvalue weighted by Crippen LogP contribution is 2.24. The molecule has 1 aliphatic heterocycles. The molecule has 0 bridgehead atoms. The van der Waals surface area contributed by atoms with Gasteiger partial charge in [-0.3, -0.25) is 4.79 Å². The van der Waals surface area contributed by atoms with Crippen LogP contribution in [0.15, 0.2) is 48.7 Å². The van der Waals surface area contributed by atoms with Crippen LogP contribution in [0.4, 0.5) is 5.82 Å². The molecule has 184 valence electrons. The van der Waals surface area contributed by atoms with Crippen LogP contribution < -0.4 is 15.0 Å². The van der Waals surface area contributed by atoms with Crippen molar-refractivity contribution in [1.82, 2.24) is 15.3 Å². The van der Waals surface area contributed by atoms with E-state index >= 15 is 0 Å². The van der Waals surface area contributed by atoms with Gasteiger partial charge < -0.3 is 15.0 Å². The molecule has 2 heterocycles. The fourth-order valence-electron chi connectivity index (χ4n) is 4.10. The first-order valence-corrected chi connectivity index (χ1v) is 12.7. The summed E-state index contributed by atoms with van der Waals surface area (Å²) in [5, 5.41) is 4.57. The van der Waals surface area contributed by atoms with Gasteiger partial charge in [0.05, 0.1) is 6.61 Å². The lowest BCUT2D eigenvalue weighted by molar-refractivity contribution is 0.0944. The topological polar surface area (TPSA) is 67.4 Å². The Morgan fingerprint density at radius 3 is 2.66 bits per heavy atom. The summed E-state index contributed by atoms with van der Waals surface area (Å²) < 4.78 is 5.98. The minimum absolute atomic E-state index is 0.0967. The van der Waals surface area contributed by atoms with Gasteiger partial charge in [-0.1, -0.05) is 35.3 Å². The Morgan fingerprint density at radius 2 is 1.91 bits per heavy atom. The van der Waals surface area contributed by atoms with Gasteiger partial charge in [0.25, 0.3) is 5.91 Å². The van der Waals surface area contributed by atoms with Crippen molar-refractivity contribution in [1.29, 1.82) is 0 Å². The van der Waals surface area contributed by atoms with Gasteiger partial charge in [0, 0.05) is 47.9 Å². The van der Waals surface area contributed by atoms with Crippen LogP contribution in [0.1, 0.15) is 34.3 Å². The van der Waals surface area contributed by atoms with Crippen LogP contribution in [0.25, 0.3) is 0 Å². The molecule has 0 aliphatic carbocycles. The van der Waals surface area contributed by atoms with E-state index in [1.165, 1.54) is 0 Å². The summed E-state index contributed by atoms with van der Waals surface area (Å²) in [7, 11) is 0. The number of hydrogen-bond acceptors (Lipinski definition) is 5. The van der Waals surface area contributed by atoms with Crippen molar-refractivity contribution in [2.24, 2.45) is 5.92 Å². The number of nitrogens with one attached hydrogen (secondary N) is 1. The predicted molar refractivity (Wildman–Crippen MR) is 141 cm³/mol. The average Bonchev–Trinajstić information content (AvgIpc) is 2.85. The van der Waals surface area contributed by atoms with E-state index in [9.17, 15) is 4.79 Å². The van der Waals surface area contributed by atoms with Crippen molar-refractivity contribution >= 4 is 46.5 Å². The predicted octanol–water partition coefficient (Wildman–Crippen LogP) is 6.01. The van der Waals surface area contributed by atoms with E-state index in [0.29, 0.717) is 46.8 Å². The van der Waals surface area contributed by atoms with Crippen molar-refractivity contribution in [3.63, 3.8) is 0 Å². The number of ether oxygens (including phenoxy) is 1. The average molecular weight is 534 g/mol. The standard InChI is InChI=1S/C26H27Cl3N4O2/c1-17-2-3-20(14-23(17)35-13-9-19-4-5-21(27)15-22(19)28)25(34)31-16-18-7-11-33(12-8-18)24-6-10-30-26(29)32-24/h2-6,10,14-15,18H,7-9,11-13,16H2,1H3,(H,31,34). The Labute approximate surface area is 220 Å². The maximum atomic E-state index is 12.8. The van der Waals surface area contributed by atoms with E-state index in [1.54, 1.807) is 18.3 Å². The first-order chi connectivity index (χ1) is 16.9. The summed E-state index contributed by atoms with van der Waals surface area (Å²) in [6.07, 6.45) is 4.25. The molecular weight excluding hydrogens is 507 g/mol. The Hall–Kier alpha value is -2.54. The first kappa shape index (κ1) is 25.5. The smallest absolute Gasteiger partial charge is 0.251 e. The fraction of sp³-hybridized carbons (Fsp3) is 0.346. The van der Waals surface area contributed by atoms with E-state index in [-0.39, 0.29) is 11.2 Å². The summed E-state index contributed by atoms with van der Waals surface area (Å²) >= 11 is 18.1. The van der Waals surface area contributed by atoms with E-state index in [2.05, 4.69) is 20.2 Å². The number of amides is 1. The lowest BCUT2D eigenvalue weighted by atomic mass is 9.96. The van der Waals surface area contributed by atoms with Crippen LogP contribution in [-0.4, -0.2) is 42.1 Å². The number of hydrogen-bond donors (Lipinski definition) is 1. The zero-order valence-corrected chi connectivity index (χ0v) is 21.7. The van der Waals surface area contributed by atoms with Gasteiger partial charge in [0.2, 0.25) is 5.28 Å². The van der Waals surface area contributed by atoms with Gasteiger partial charge in [-0.15, -0.1) is 0 Å². The minimum Gasteiger partial charge on any atom is -0.493 e. The van der Waals surface area contributed by atoms with Crippen molar-refractivity contribution in [2.75, 3.05) is 31.1 Å². The van der Waals surface area contributed by atoms with E-state index < -0.39 is 0 Å². The molecule has 35 heavy (non-hydrogen) atoms. The Morgan fingerprint density at radius 1 is 1.11 bits per heavy atom. The third kappa shape index (κ3) is 7.00. The second-order valence-electron chi connectivity index (χ2n) is 8.64. The molecule has 1 fully saturated rings. The third-order valence-electron chi connectivity index (χ3n) is 6.20. The van der Waals surface area contributed by atoms with Crippen LogP contribution >= 0.6 is 34.8 Å². The fourth-order valence-corrected chi connectivity index (χ4v) is 4.75. The van der Waals surface area contributed by atoms with Gasteiger partial charge in [-0.25, -0.2) is 9.97 Å². The highest BCUT2D eigenvalue weighted by Gasteiger charge is 2.21. The van der Waals surface area contributed by atoms with Gasteiger partial charge in [0.15, 0.2) is 0 Å². The number of aromatic nitrogens is 2. The molecule has 1 amide bonds. The molecule has 1 aliphatic rings. The van der Waals surface area contributed by atoms with Crippen LogP contribution in [0, 0.1) is 12.8 Å². The summed E-state index contributed by atoms with van der Waals surface area (Å²) in [5.74, 6) is 1.86. The summed E-state index contributed by atoms with van der Waals surface area (Å²) in [4.78, 5) is 23.2. The minimum atomic E-state index is -0.0967. The quantitative estimate of drug-likeness (QED) is 0.359. The van der Waals surface area contributed by atoms with Crippen molar-refractivity contribution in [3.8, 4) is 5.75 Å². The van der Waals surface area contributed by atoms with Gasteiger partial charge >= 0.3 is 0 Å². The number of nitrogens with zero attached hydrogens (tertiary/aromatic N) is 3. The van der Waals surface area contributed by atoms with Crippen molar-refractivity contribution < 1.29 is 9.53 Å². The third-order valence-corrected chi connectivity index (χ3v) is 6.96. The summed E-state index contributed by atoms with van der Waals surface area (Å²) in [6, 6.07) is 12.8. The maximum Gasteiger partial charge on any atom is 0.251 e. The van der Waals surface area contributed by atoms with Crippen LogP contribution in [0.3, 0.4) is 0 Å². The molecule has 1 saturated heterocycles. The molecule has 0 saturated carbocycles. The molecule has 0 atom stereocenters. The number of halogens is 3. The highest BCUT2D eigenvalue weighted by atomic mass is 35.5. The molecule has 3 aromatic rings. The lowest BCUT2D eigenvalue weighted by Gasteiger charge is -2.32. The van der Waals surface area contributed by atoms with E-state index in [1.807, 2.05) is 37.3 Å². The molecule has 6 nitrogen and oxygen atoms in total. The number of anilines is 1. The molecule has 9 heteroatoms. The Balaban J connectivity index is 1.26. The van der Waals surface area contributed by atoms with Gasteiger partial charge in [0.1, 0.15) is 11.6 Å². The number of aryl methyl sites for hydroxylation is 1. The van der Waals surface area contributed by atoms with Gasteiger partial charge in [-0.2, -0.15) is 0 Å². The molecule has 2 aromatic carbocycles. The molecule has 4 rings (SSSR count). The molecule has 0 unspecified atom stereocenters. The van der Waals surface area contributed by atoms with Gasteiger partial charge in [-0.05, 0) is 78.7 Å². The van der Waals surface area contributed by atoms with Crippen LogP contribution in [-0.2, 0) is 6.42 Å². The van der Waals surface area contributed by atoms with Crippen LogP contribution in [0.5, 0.6) is 5.75 Å². The molecular formula is C26H27Cl3N4O2. The molecule has 0 spiro atoms. The second kappa shape index (κ2) is 11.9. The second-order valence-corrected chi connectivity index (χ2v) is 9.82. The summed E-state index contributed by atoms with van der Waals surface area (Å²) in [6.45, 7) is 4.78. The monoisotopic (exact) mass is 532 g/mol. The van der Waals surface area contributed by atoms with Crippen molar-refractivity contribution in [3.05, 3.63) is 80.7 Å². The number of piperidine rings is 1. The first-order valence-electron chi connectivity index (χ1n) is 11.6. The van der Waals surface area contributed by atoms with E-state index in [0.717, 1.165) is 42.9 Å². The molecule has 1 aromatic heterocycles. The normalized spacial score (nSPS) is 14.1. The number of carbonyl (C=O) groups excluding carboxylic acids is 1. The number of rotatable bonds is 8. The SMILES string of the molecule is Cc1ccc(C(=O)NCC2CCN(c3ccnc(Cl)n3)CC2)cc1OCCc1ccc(Cl)cc1Cl. The Kier molecular flexibility index (Phi) is 8.71. The van der Waals surface area contributed by atoms with Crippen molar-refractivity contribution in [2.45, 2.75) is 26.2 Å². The van der Waals surface area contributed by atoms with Crippen LogP contribution in [0.2, 0.25) is 15.3 Å². The lowest BCUT2D eigenvalue weighted by Crippen LogP contribution is -2.39. The summed E-state index contributed by atoms with van der Waals surface area (Å²) in [5.41, 5.74) is 2.53. The number of carbonyl (C=O) groups is 1.